The first-order valence-electron chi connectivity index (χ1n) is 4.79. The van der Waals surface area contributed by atoms with Crippen LogP contribution in [-0.4, -0.2) is 16.9 Å². The van der Waals surface area contributed by atoms with Gasteiger partial charge in [0.05, 0.1) is 6.61 Å². The van der Waals surface area contributed by atoms with Gasteiger partial charge in [-0.1, -0.05) is 19.4 Å². The van der Waals surface area contributed by atoms with E-state index in [1.54, 1.807) is 0 Å². The van der Waals surface area contributed by atoms with Crippen LogP contribution in [0.4, 0.5) is 0 Å². The van der Waals surface area contributed by atoms with Crippen molar-refractivity contribution in [3.8, 4) is 5.88 Å². The number of halogens is 1. The maximum absolute atomic E-state index is 9.46. The molecule has 0 radical (unpaired) electrons. The molecule has 1 unspecified atom stereocenters. The minimum atomic E-state index is -0.865. The van der Waals surface area contributed by atoms with E-state index in [1.165, 1.54) is 6.08 Å². The SMILES string of the molecule is C=CC(O)c1onc(OCCCC)c1Br. The van der Waals surface area contributed by atoms with Crippen LogP contribution in [-0.2, 0) is 0 Å². The van der Waals surface area contributed by atoms with Gasteiger partial charge in [-0.05, 0) is 27.5 Å². The number of hydrogen-bond acceptors (Lipinski definition) is 4. The molecule has 1 N–H and O–H groups in total. The summed E-state index contributed by atoms with van der Waals surface area (Å²) in [5, 5.41) is 13.2. The lowest BCUT2D eigenvalue weighted by Crippen LogP contribution is -1.97. The van der Waals surface area contributed by atoms with E-state index < -0.39 is 6.10 Å². The van der Waals surface area contributed by atoms with Crippen LogP contribution in [0.1, 0.15) is 31.6 Å². The lowest BCUT2D eigenvalue weighted by Gasteiger charge is -2.01. The molecule has 0 spiro atoms. The molecular formula is C10H14BrNO3. The van der Waals surface area contributed by atoms with Gasteiger partial charge in [0, 0.05) is 0 Å². The van der Waals surface area contributed by atoms with Gasteiger partial charge in [0.15, 0.2) is 5.76 Å². The Morgan fingerprint density at radius 3 is 3.07 bits per heavy atom. The van der Waals surface area contributed by atoms with Crippen molar-refractivity contribution in [2.24, 2.45) is 0 Å². The summed E-state index contributed by atoms with van der Waals surface area (Å²) in [6.07, 6.45) is 2.51. The van der Waals surface area contributed by atoms with Crippen molar-refractivity contribution < 1.29 is 14.4 Å². The maximum atomic E-state index is 9.46. The van der Waals surface area contributed by atoms with Gasteiger partial charge in [0.25, 0.3) is 5.88 Å². The number of nitrogens with zero attached hydrogens (tertiary/aromatic N) is 1. The van der Waals surface area contributed by atoms with Crippen LogP contribution in [0.15, 0.2) is 21.7 Å². The van der Waals surface area contributed by atoms with E-state index in [4.69, 9.17) is 9.26 Å². The van der Waals surface area contributed by atoms with Crippen molar-refractivity contribution in [3.63, 3.8) is 0 Å². The van der Waals surface area contributed by atoms with Crippen LogP contribution in [0, 0.1) is 0 Å². The van der Waals surface area contributed by atoms with Gasteiger partial charge in [0.2, 0.25) is 0 Å². The Morgan fingerprint density at radius 1 is 1.73 bits per heavy atom. The number of ether oxygens (including phenoxy) is 1. The summed E-state index contributed by atoms with van der Waals surface area (Å²) in [5.74, 6) is 0.691. The van der Waals surface area contributed by atoms with Crippen LogP contribution < -0.4 is 4.74 Å². The normalized spacial score (nSPS) is 12.5. The number of hydrogen-bond donors (Lipinski definition) is 1. The summed E-state index contributed by atoms with van der Waals surface area (Å²) in [4.78, 5) is 0. The molecule has 0 saturated carbocycles. The molecule has 0 aliphatic heterocycles. The van der Waals surface area contributed by atoms with Crippen LogP contribution in [0.5, 0.6) is 5.88 Å². The quantitative estimate of drug-likeness (QED) is 0.641. The smallest absolute Gasteiger partial charge is 0.269 e. The topological polar surface area (TPSA) is 55.5 Å². The molecule has 0 aliphatic carbocycles. The number of aliphatic hydroxyl groups is 1. The molecule has 4 nitrogen and oxygen atoms in total. The molecule has 1 rings (SSSR count). The van der Waals surface area contributed by atoms with E-state index in [2.05, 4.69) is 34.6 Å². The Morgan fingerprint density at radius 2 is 2.47 bits per heavy atom. The van der Waals surface area contributed by atoms with Gasteiger partial charge in [-0.3, -0.25) is 0 Å². The average molecular weight is 276 g/mol. The molecule has 0 aliphatic rings. The summed E-state index contributed by atoms with van der Waals surface area (Å²) in [7, 11) is 0. The second-order valence-corrected chi connectivity index (χ2v) is 3.84. The van der Waals surface area contributed by atoms with Crippen molar-refractivity contribution in [1.82, 2.24) is 5.16 Å². The van der Waals surface area contributed by atoms with Crippen molar-refractivity contribution in [2.45, 2.75) is 25.9 Å². The van der Waals surface area contributed by atoms with Crippen LogP contribution >= 0.6 is 15.9 Å². The fourth-order valence-electron chi connectivity index (χ4n) is 0.970. The van der Waals surface area contributed by atoms with E-state index in [0.717, 1.165) is 12.8 Å². The molecule has 0 aromatic carbocycles. The second-order valence-electron chi connectivity index (χ2n) is 3.05. The number of aliphatic hydroxyl groups excluding tert-OH is 1. The molecule has 1 aromatic heterocycles. The monoisotopic (exact) mass is 275 g/mol. The predicted molar refractivity (Wildman–Crippen MR) is 59.8 cm³/mol. The Labute approximate surface area is 97.0 Å². The third kappa shape index (κ3) is 3.07. The van der Waals surface area contributed by atoms with E-state index in [9.17, 15) is 5.11 Å². The highest BCUT2D eigenvalue weighted by Crippen LogP contribution is 2.32. The minimum absolute atomic E-state index is 0.316. The Bertz CT molecular complexity index is 324. The van der Waals surface area contributed by atoms with Crippen molar-refractivity contribution in [3.05, 3.63) is 22.9 Å². The number of aromatic nitrogens is 1. The van der Waals surface area contributed by atoms with Crippen LogP contribution in [0.25, 0.3) is 0 Å². The molecule has 0 bridgehead atoms. The van der Waals surface area contributed by atoms with Gasteiger partial charge in [-0.15, -0.1) is 6.58 Å². The summed E-state index contributed by atoms with van der Waals surface area (Å²) in [5.41, 5.74) is 0. The van der Waals surface area contributed by atoms with E-state index >= 15 is 0 Å². The Hall–Kier alpha value is -0.810. The third-order valence-electron chi connectivity index (χ3n) is 1.86. The molecule has 1 aromatic rings. The number of unbranched alkanes of at least 4 members (excludes halogenated alkanes) is 1. The lowest BCUT2D eigenvalue weighted by molar-refractivity contribution is 0.180. The van der Waals surface area contributed by atoms with Crippen LogP contribution in [0.3, 0.4) is 0 Å². The Balaban J connectivity index is 2.66. The molecule has 5 heteroatoms. The zero-order valence-corrected chi connectivity index (χ0v) is 10.2. The van der Waals surface area contributed by atoms with Crippen molar-refractivity contribution >= 4 is 15.9 Å². The first-order valence-corrected chi connectivity index (χ1v) is 5.58. The zero-order valence-electron chi connectivity index (χ0n) is 8.57. The molecule has 0 saturated heterocycles. The molecule has 1 atom stereocenters. The maximum Gasteiger partial charge on any atom is 0.269 e. The largest absolute Gasteiger partial charge is 0.475 e. The molecule has 84 valence electrons. The third-order valence-corrected chi connectivity index (χ3v) is 2.59. The molecule has 15 heavy (non-hydrogen) atoms. The summed E-state index contributed by atoms with van der Waals surface area (Å²) in [6, 6.07) is 0. The van der Waals surface area contributed by atoms with Crippen molar-refractivity contribution in [2.75, 3.05) is 6.61 Å². The standard InChI is InChI=1S/C10H14BrNO3/c1-3-5-6-14-10-8(11)9(15-12-10)7(13)4-2/h4,7,13H,2-3,5-6H2,1H3. The first-order chi connectivity index (χ1) is 7.20. The van der Waals surface area contributed by atoms with E-state index in [1.807, 2.05) is 0 Å². The van der Waals surface area contributed by atoms with Gasteiger partial charge in [0.1, 0.15) is 10.6 Å². The molecule has 1 heterocycles. The zero-order chi connectivity index (χ0) is 11.3. The average Bonchev–Trinajstić information content (AvgIpc) is 2.60. The van der Waals surface area contributed by atoms with Crippen molar-refractivity contribution in [1.29, 1.82) is 0 Å². The highest BCUT2D eigenvalue weighted by Gasteiger charge is 2.19. The van der Waals surface area contributed by atoms with Crippen LogP contribution in [0.2, 0.25) is 0 Å². The highest BCUT2D eigenvalue weighted by atomic mass is 79.9. The Kier molecular flexibility index (Phi) is 4.84. The van der Waals surface area contributed by atoms with Gasteiger partial charge in [-0.25, -0.2) is 0 Å². The van der Waals surface area contributed by atoms with Gasteiger partial charge < -0.3 is 14.4 Å². The predicted octanol–water partition coefficient (Wildman–Crippen LogP) is 2.84. The molecule has 0 amide bonds. The number of rotatable bonds is 6. The molecular weight excluding hydrogens is 262 g/mol. The fourth-order valence-corrected chi connectivity index (χ4v) is 1.46. The van der Waals surface area contributed by atoms with E-state index in [-0.39, 0.29) is 0 Å². The molecule has 0 fully saturated rings. The summed E-state index contributed by atoms with van der Waals surface area (Å²) in [6.45, 7) is 6.13. The summed E-state index contributed by atoms with van der Waals surface area (Å²) < 4.78 is 10.8. The van der Waals surface area contributed by atoms with Gasteiger partial charge >= 0.3 is 0 Å². The summed E-state index contributed by atoms with van der Waals surface area (Å²) >= 11 is 3.26. The lowest BCUT2D eigenvalue weighted by atomic mass is 10.3. The minimum Gasteiger partial charge on any atom is -0.475 e. The second kappa shape index (κ2) is 5.92. The fraction of sp³-hybridized carbons (Fsp3) is 0.500. The highest BCUT2D eigenvalue weighted by molar-refractivity contribution is 9.10. The van der Waals surface area contributed by atoms with Gasteiger partial charge in [-0.2, -0.15) is 0 Å². The first kappa shape index (κ1) is 12.3. The van der Waals surface area contributed by atoms with E-state index in [0.29, 0.717) is 22.7 Å².